The van der Waals surface area contributed by atoms with Crippen molar-refractivity contribution < 1.29 is 10.3 Å². The molecule has 2 heterocycles. The summed E-state index contributed by atoms with van der Waals surface area (Å²) < 4.78 is 1.98. The quantitative estimate of drug-likeness (QED) is 0.268. The van der Waals surface area contributed by atoms with Crippen molar-refractivity contribution in [2.45, 2.75) is 31.3 Å². The fourth-order valence-corrected chi connectivity index (χ4v) is 4.42. The zero-order valence-electron chi connectivity index (χ0n) is 17.1. The maximum absolute atomic E-state index is 10.2. The molecule has 0 bridgehead atoms. The fraction of sp³-hybridized carbons (Fsp3) is 0.208. The molecule has 0 amide bonds. The van der Waals surface area contributed by atoms with E-state index in [2.05, 4.69) is 10.1 Å². The highest BCUT2D eigenvalue weighted by Crippen LogP contribution is 2.45. The van der Waals surface area contributed by atoms with Crippen molar-refractivity contribution in [3.63, 3.8) is 0 Å². The molecular weight excluding hydrogens is 390 g/mol. The van der Waals surface area contributed by atoms with Crippen LogP contribution in [0.1, 0.15) is 42.6 Å². The van der Waals surface area contributed by atoms with Crippen molar-refractivity contribution in [1.82, 2.24) is 14.4 Å². The van der Waals surface area contributed by atoms with Crippen LogP contribution in [0.5, 0.6) is 0 Å². The van der Waals surface area contributed by atoms with Crippen LogP contribution in [0.3, 0.4) is 0 Å². The topological polar surface area (TPSA) is 109 Å². The number of aliphatic hydroxyl groups is 1. The van der Waals surface area contributed by atoms with Crippen LogP contribution in [0, 0.1) is 0 Å². The predicted molar refractivity (Wildman–Crippen MR) is 119 cm³/mol. The Labute approximate surface area is 179 Å². The van der Waals surface area contributed by atoms with Crippen LogP contribution in [0.15, 0.2) is 72.1 Å². The molecule has 1 fully saturated rings. The second-order valence-corrected chi connectivity index (χ2v) is 8.34. The number of nitrogen functional groups attached to an aromatic ring is 1. The Morgan fingerprint density at radius 2 is 1.77 bits per heavy atom. The number of oxime groups is 1. The number of hydrogen-bond donors (Lipinski definition) is 3. The van der Waals surface area contributed by atoms with E-state index in [1.807, 2.05) is 72.1 Å². The summed E-state index contributed by atoms with van der Waals surface area (Å²) in [5.74, 6) is 1.47. The number of fused-ring (bicyclic) bond motifs is 1. The van der Waals surface area contributed by atoms with E-state index in [1.165, 1.54) is 0 Å². The molecule has 5 rings (SSSR count). The molecule has 0 aliphatic heterocycles. The van der Waals surface area contributed by atoms with Gasteiger partial charge in [-0.3, -0.25) is 4.40 Å². The number of imidazole rings is 1. The van der Waals surface area contributed by atoms with Crippen molar-refractivity contribution in [3.05, 3.63) is 83.9 Å². The average Bonchev–Trinajstić information content (AvgIpc) is 3.14. The van der Waals surface area contributed by atoms with Crippen molar-refractivity contribution in [2.75, 3.05) is 5.73 Å². The third-order valence-electron chi connectivity index (χ3n) is 5.93. The lowest BCUT2D eigenvalue weighted by Crippen LogP contribution is -2.40. The van der Waals surface area contributed by atoms with Gasteiger partial charge in [0.05, 0.1) is 5.60 Å². The summed E-state index contributed by atoms with van der Waals surface area (Å²) in [6, 6.07) is 17.2. The van der Waals surface area contributed by atoms with Gasteiger partial charge < -0.3 is 16.0 Å². The Bertz CT molecular complexity index is 1270. The van der Waals surface area contributed by atoms with Gasteiger partial charge in [0.1, 0.15) is 28.6 Å². The van der Waals surface area contributed by atoms with Gasteiger partial charge in [0, 0.05) is 35.0 Å². The first-order chi connectivity index (χ1) is 15.0. The van der Waals surface area contributed by atoms with Crippen molar-refractivity contribution in [3.8, 4) is 11.3 Å². The van der Waals surface area contributed by atoms with Gasteiger partial charge in [-0.1, -0.05) is 59.8 Å². The first-order valence-corrected chi connectivity index (χ1v) is 10.2. The number of aromatic nitrogens is 3. The summed E-state index contributed by atoms with van der Waals surface area (Å²) in [5.41, 5.74) is 10.1. The molecule has 0 spiro atoms. The number of rotatable bonds is 4. The van der Waals surface area contributed by atoms with Crippen LogP contribution < -0.4 is 5.73 Å². The molecule has 0 unspecified atom stereocenters. The number of anilines is 1. The second kappa shape index (κ2) is 7.21. The Kier molecular flexibility index (Phi) is 4.48. The Morgan fingerprint density at radius 1 is 1.10 bits per heavy atom. The van der Waals surface area contributed by atoms with Gasteiger partial charge in [-0.05, 0) is 19.8 Å². The molecule has 1 aliphatic carbocycles. The zero-order valence-corrected chi connectivity index (χ0v) is 17.1. The highest BCUT2D eigenvalue weighted by atomic mass is 16.4. The molecule has 7 nitrogen and oxygen atoms in total. The maximum atomic E-state index is 10.2. The molecular formula is C24H23N5O2. The van der Waals surface area contributed by atoms with Gasteiger partial charge >= 0.3 is 0 Å². The lowest BCUT2D eigenvalue weighted by atomic mass is 9.72. The summed E-state index contributed by atoms with van der Waals surface area (Å²) >= 11 is 0. The lowest BCUT2D eigenvalue weighted by molar-refractivity contribution is -0.0335. The second-order valence-electron chi connectivity index (χ2n) is 8.34. The minimum Gasteiger partial charge on any atom is -0.410 e. The monoisotopic (exact) mass is 413 g/mol. The third kappa shape index (κ3) is 3.33. The first kappa shape index (κ1) is 19.3. The molecule has 7 heteroatoms. The van der Waals surface area contributed by atoms with Crippen LogP contribution >= 0.6 is 0 Å². The fourth-order valence-electron chi connectivity index (χ4n) is 4.42. The molecule has 0 atom stereocenters. The van der Waals surface area contributed by atoms with E-state index in [1.54, 1.807) is 6.20 Å². The zero-order chi connectivity index (χ0) is 21.6. The van der Waals surface area contributed by atoms with Gasteiger partial charge in [-0.15, -0.1) is 0 Å². The third-order valence-corrected chi connectivity index (χ3v) is 5.93. The van der Waals surface area contributed by atoms with E-state index in [-0.39, 0.29) is 5.92 Å². The number of nitrogens with two attached hydrogens (primary N) is 1. The van der Waals surface area contributed by atoms with Crippen LogP contribution in [0.25, 0.3) is 16.8 Å². The maximum Gasteiger partial charge on any atom is 0.150 e. The molecule has 0 saturated heterocycles. The Morgan fingerprint density at radius 3 is 2.42 bits per heavy atom. The predicted octanol–water partition coefficient (Wildman–Crippen LogP) is 3.83. The van der Waals surface area contributed by atoms with Gasteiger partial charge in [0.25, 0.3) is 0 Å². The molecule has 2 aromatic heterocycles. The largest absolute Gasteiger partial charge is 0.410 e. The normalized spacial score (nSPS) is 21.2. The molecule has 4 N–H and O–H groups in total. The molecule has 1 saturated carbocycles. The summed E-state index contributed by atoms with van der Waals surface area (Å²) in [7, 11) is 0. The lowest BCUT2D eigenvalue weighted by Gasteiger charge is -2.40. The number of nitrogens with zero attached hydrogens (tertiary/aromatic N) is 4. The van der Waals surface area contributed by atoms with Crippen molar-refractivity contribution in [1.29, 1.82) is 0 Å². The van der Waals surface area contributed by atoms with E-state index in [0.29, 0.717) is 24.4 Å². The van der Waals surface area contributed by atoms with Crippen molar-refractivity contribution in [2.24, 2.45) is 5.16 Å². The van der Waals surface area contributed by atoms with Gasteiger partial charge in [-0.2, -0.15) is 0 Å². The standard InChI is InChI=1S/C24H23N5O2/c1-24(30)13-18(14-24)23-27-20(21-22(25)26-11-12-29(21)23)17-9-7-16(8-10-17)19(28-31)15-5-3-2-4-6-15/h2-12,18,30-31H,13-14H2,1H3,(H2,25,26)/b28-19+. The van der Waals surface area contributed by atoms with Crippen LogP contribution in [-0.4, -0.2) is 36.0 Å². The van der Waals surface area contributed by atoms with Gasteiger partial charge in [-0.25, -0.2) is 9.97 Å². The van der Waals surface area contributed by atoms with E-state index < -0.39 is 5.60 Å². The summed E-state index contributed by atoms with van der Waals surface area (Å²) in [6.45, 7) is 1.85. The minimum atomic E-state index is -0.644. The molecule has 31 heavy (non-hydrogen) atoms. The van der Waals surface area contributed by atoms with Crippen LogP contribution in [0.2, 0.25) is 0 Å². The smallest absolute Gasteiger partial charge is 0.150 e. The van der Waals surface area contributed by atoms with Crippen LogP contribution in [-0.2, 0) is 0 Å². The van der Waals surface area contributed by atoms with E-state index in [0.717, 1.165) is 33.7 Å². The summed E-state index contributed by atoms with van der Waals surface area (Å²) in [4.78, 5) is 9.17. The molecule has 2 aromatic carbocycles. The van der Waals surface area contributed by atoms with Crippen LogP contribution in [0.4, 0.5) is 5.82 Å². The first-order valence-electron chi connectivity index (χ1n) is 10.2. The average molecular weight is 413 g/mol. The SMILES string of the molecule is CC1(O)CC(c2nc(-c3ccc(/C(=N/O)c4ccccc4)cc3)c3c(N)nccn23)C1. The van der Waals surface area contributed by atoms with Gasteiger partial charge in [0.2, 0.25) is 0 Å². The molecule has 4 aromatic rings. The molecule has 156 valence electrons. The van der Waals surface area contributed by atoms with E-state index in [9.17, 15) is 10.3 Å². The summed E-state index contributed by atoms with van der Waals surface area (Å²) in [6.07, 6.45) is 4.87. The number of benzene rings is 2. The minimum absolute atomic E-state index is 0.170. The van der Waals surface area contributed by atoms with Crippen molar-refractivity contribution >= 4 is 17.0 Å². The molecule has 1 aliphatic rings. The Hall–Kier alpha value is -3.71. The highest BCUT2D eigenvalue weighted by Gasteiger charge is 2.41. The number of hydrogen-bond acceptors (Lipinski definition) is 6. The van der Waals surface area contributed by atoms with Gasteiger partial charge in [0.15, 0.2) is 0 Å². The van der Waals surface area contributed by atoms with E-state index in [4.69, 9.17) is 10.7 Å². The molecule has 0 radical (unpaired) electrons. The highest BCUT2D eigenvalue weighted by molar-refractivity contribution is 6.12. The Balaban J connectivity index is 1.56. The van der Waals surface area contributed by atoms with E-state index >= 15 is 0 Å². The summed E-state index contributed by atoms with van der Waals surface area (Å²) in [5, 5.41) is 23.3.